The van der Waals surface area contributed by atoms with Gasteiger partial charge >= 0.3 is 5.63 Å². The van der Waals surface area contributed by atoms with Crippen molar-refractivity contribution in [1.29, 1.82) is 0 Å². The summed E-state index contributed by atoms with van der Waals surface area (Å²) in [6.45, 7) is 7.57. The summed E-state index contributed by atoms with van der Waals surface area (Å²) < 4.78 is 12.0. The van der Waals surface area contributed by atoms with Crippen LogP contribution in [0.4, 0.5) is 5.69 Å². The van der Waals surface area contributed by atoms with Crippen LogP contribution in [0.1, 0.15) is 54.0 Å². The molecule has 0 fully saturated rings. The van der Waals surface area contributed by atoms with E-state index < -0.39 is 0 Å². The van der Waals surface area contributed by atoms with E-state index in [-0.39, 0.29) is 5.63 Å². The molecule has 1 aliphatic heterocycles. The average molecular weight is 440 g/mol. The van der Waals surface area contributed by atoms with Crippen molar-refractivity contribution >= 4 is 16.7 Å². The van der Waals surface area contributed by atoms with Crippen LogP contribution in [0.2, 0.25) is 0 Å². The van der Waals surface area contributed by atoms with Crippen molar-refractivity contribution in [3.8, 4) is 5.75 Å². The molecule has 0 spiro atoms. The van der Waals surface area contributed by atoms with Crippen LogP contribution in [0.15, 0.2) is 75.9 Å². The van der Waals surface area contributed by atoms with Crippen molar-refractivity contribution in [3.63, 3.8) is 0 Å². The highest BCUT2D eigenvalue weighted by Crippen LogP contribution is 2.35. The Morgan fingerprint density at radius 2 is 1.76 bits per heavy atom. The Balaban J connectivity index is 1.50. The van der Waals surface area contributed by atoms with Crippen LogP contribution >= 0.6 is 0 Å². The van der Waals surface area contributed by atoms with Gasteiger partial charge in [0, 0.05) is 23.1 Å². The van der Waals surface area contributed by atoms with Crippen molar-refractivity contribution in [2.45, 2.75) is 46.1 Å². The summed E-state index contributed by atoms with van der Waals surface area (Å²) >= 11 is 0. The third-order valence-electron chi connectivity index (χ3n) is 6.90. The van der Waals surface area contributed by atoms with Crippen molar-refractivity contribution in [2.24, 2.45) is 0 Å². The number of anilines is 1. The number of rotatable bonds is 5. The Hall–Kier alpha value is -3.53. The minimum atomic E-state index is -0.271. The summed E-state index contributed by atoms with van der Waals surface area (Å²) in [7, 11) is 0. The van der Waals surface area contributed by atoms with Crippen LogP contribution in [-0.4, -0.2) is 6.73 Å². The number of benzene rings is 3. The zero-order valence-corrected chi connectivity index (χ0v) is 19.4. The van der Waals surface area contributed by atoms with Gasteiger partial charge < -0.3 is 14.1 Å². The highest BCUT2D eigenvalue weighted by atomic mass is 16.5. The van der Waals surface area contributed by atoms with E-state index in [4.69, 9.17) is 9.15 Å². The first-order chi connectivity index (χ1) is 16.0. The first-order valence-electron chi connectivity index (χ1n) is 11.6. The molecule has 168 valence electrons. The zero-order chi connectivity index (χ0) is 22.9. The molecular weight excluding hydrogens is 410 g/mol. The summed E-state index contributed by atoms with van der Waals surface area (Å²) in [6.07, 6.45) is 1.68. The van der Waals surface area contributed by atoms with Gasteiger partial charge in [-0.15, -0.1) is 0 Å². The molecule has 4 heteroatoms. The minimum absolute atomic E-state index is 0.271. The fraction of sp³-hybridized carbons (Fsp3) is 0.276. The fourth-order valence-corrected chi connectivity index (χ4v) is 4.58. The van der Waals surface area contributed by atoms with Crippen molar-refractivity contribution in [2.75, 3.05) is 11.6 Å². The molecule has 0 saturated heterocycles. The van der Waals surface area contributed by atoms with E-state index in [1.807, 2.05) is 49.4 Å². The molecular formula is C29H29NO3. The standard InChI is InChI=1S/C29H29NO3/c1-4-19(2)22-10-12-23(13-11-22)30-17-26-27(32-18-30)15-14-24-20(3)25(29(31)33-28(24)26)16-21-8-6-5-7-9-21/h5-15,19H,4,16-18H2,1-3H3. The second-order valence-electron chi connectivity index (χ2n) is 8.95. The Bertz CT molecular complexity index is 1340. The van der Waals surface area contributed by atoms with Gasteiger partial charge in [0.05, 0.1) is 12.1 Å². The molecule has 1 aliphatic rings. The molecule has 1 atom stereocenters. The highest BCUT2D eigenvalue weighted by Gasteiger charge is 2.24. The van der Waals surface area contributed by atoms with E-state index in [0.29, 0.717) is 36.8 Å². The maximum absolute atomic E-state index is 13.0. The summed E-state index contributed by atoms with van der Waals surface area (Å²) in [5, 5.41) is 0.969. The van der Waals surface area contributed by atoms with Gasteiger partial charge in [0.25, 0.3) is 0 Å². The van der Waals surface area contributed by atoms with Crippen molar-refractivity contribution < 1.29 is 9.15 Å². The molecule has 5 rings (SSSR count). The van der Waals surface area contributed by atoms with Crippen molar-refractivity contribution in [1.82, 2.24) is 0 Å². The number of aryl methyl sites for hydroxylation is 1. The lowest BCUT2D eigenvalue weighted by Gasteiger charge is -2.31. The van der Waals surface area contributed by atoms with E-state index in [9.17, 15) is 4.79 Å². The smallest absolute Gasteiger partial charge is 0.340 e. The number of nitrogens with zero attached hydrogens (tertiary/aromatic N) is 1. The minimum Gasteiger partial charge on any atom is -0.473 e. The molecule has 3 aromatic carbocycles. The van der Waals surface area contributed by atoms with E-state index in [0.717, 1.165) is 39.9 Å². The Morgan fingerprint density at radius 3 is 2.48 bits per heavy atom. The van der Waals surface area contributed by atoms with Crippen LogP contribution in [0.25, 0.3) is 11.0 Å². The lowest BCUT2D eigenvalue weighted by Crippen LogP contribution is -2.32. The summed E-state index contributed by atoms with van der Waals surface area (Å²) in [6, 6.07) is 22.7. The molecule has 0 saturated carbocycles. The predicted octanol–water partition coefficient (Wildman–Crippen LogP) is 6.56. The Labute approximate surface area is 194 Å². The van der Waals surface area contributed by atoms with E-state index in [1.54, 1.807) is 0 Å². The maximum Gasteiger partial charge on any atom is 0.340 e. The van der Waals surface area contributed by atoms with Gasteiger partial charge in [0.2, 0.25) is 0 Å². The summed E-state index contributed by atoms with van der Waals surface area (Å²) in [5.41, 5.74) is 6.52. The number of hydrogen-bond acceptors (Lipinski definition) is 4. The SMILES string of the molecule is CCC(C)c1ccc(N2COc3ccc4c(C)c(Cc5ccccc5)c(=O)oc4c3C2)cc1. The number of ether oxygens (including phenoxy) is 1. The third-order valence-corrected chi connectivity index (χ3v) is 6.90. The zero-order valence-electron chi connectivity index (χ0n) is 19.4. The maximum atomic E-state index is 13.0. The molecule has 0 bridgehead atoms. The van der Waals surface area contributed by atoms with Crippen LogP contribution < -0.4 is 15.3 Å². The number of fused-ring (bicyclic) bond motifs is 3. The van der Waals surface area contributed by atoms with E-state index >= 15 is 0 Å². The van der Waals surface area contributed by atoms with Crippen molar-refractivity contribution in [3.05, 3.63) is 105 Å². The lowest BCUT2D eigenvalue weighted by atomic mass is 9.97. The largest absolute Gasteiger partial charge is 0.473 e. The predicted molar refractivity (Wildman–Crippen MR) is 133 cm³/mol. The van der Waals surface area contributed by atoms with Gasteiger partial charge in [-0.1, -0.05) is 56.3 Å². The molecule has 33 heavy (non-hydrogen) atoms. The van der Waals surface area contributed by atoms with Crippen LogP contribution in [-0.2, 0) is 13.0 Å². The summed E-state index contributed by atoms with van der Waals surface area (Å²) in [5.74, 6) is 1.33. The van der Waals surface area contributed by atoms with Gasteiger partial charge in [-0.3, -0.25) is 0 Å². The first kappa shape index (κ1) is 21.3. The molecule has 1 unspecified atom stereocenters. The summed E-state index contributed by atoms with van der Waals surface area (Å²) in [4.78, 5) is 15.2. The van der Waals surface area contributed by atoms with Gasteiger partial charge in [0.1, 0.15) is 11.3 Å². The normalized spacial score (nSPS) is 14.1. The van der Waals surface area contributed by atoms with E-state index in [2.05, 4.69) is 43.0 Å². The highest BCUT2D eigenvalue weighted by molar-refractivity contribution is 5.86. The molecule has 0 radical (unpaired) electrons. The van der Waals surface area contributed by atoms with E-state index in [1.165, 1.54) is 5.56 Å². The van der Waals surface area contributed by atoms with Gasteiger partial charge in [-0.2, -0.15) is 0 Å². The fourth-order valence-electron chi connectivity index (χ4n) is 4.58. The number of hydrogen-bond donors (Lipinski definition) is 0. The molecule has 4 aromatic rings. The monoisotopic (exact) mass is 439 g/mol. The molecule has 1 aromatic heterocycles. The molecule has 0 amide bonds. The topological polar surface area (TPSA) is 42.7 Å². The molecule has 2 heterocycles. The Kier molecular flexibility index (Phi) is 5.67. The Morgan fingerprint density at radius 1 is 1.00 bits per heavy atom. The van der Waals surface area contributed by atoms with Crippen LogP contribution in [0.3, 0.4) is 0 Å². The third kappa shape index (κ3) is 4.02. The van der Waals surface area contributed by atoms with Gasteiger partial charge in [-0.25, -0.2) is 4.79 Å². The second kappa shape index (κ2) is 8.78. The van der Waals surface area contributed by atoms with Crippen LogP contribution in [0.5, 0.6) is 5.75 Å². The van der Waals surface area contributed by atoms with Crippen LogP contribution in [0, 0.1) is 6.92 Å². The molecule has 0 N–H and O–H groups in total. The van der Waals surface area contributed by atoms with Gasteiger partial charge in [0.15, 0.2) is 6.73 Å². The van der Waals surface area contributed by atoms with Gasteiger partial charge in [-0.05, 0) is 60.2 Å². The second-order valence-corrected chi connectivity index (χ2v) is 8.95. The molecule has 4 nitrogen and oxygen atoms in total. The lowest BCUT2D eigenvalue weighted by molar-refractivity contribution is 0.289. The average Bonchev–Trinajstić information content (AvgIpc) is 2.86. The first-order valence-corrected chi connectivity index (χ1v) is 11.6. The molecule has 0 aliphatic carbocycles. The quantitative estimate of drug-likeness (QED) is 0.330.